The van der Waals surface area contributed by atoms with E-state index in [1.807, 2.05) is 13.8 Å². The molecule has 1 saturated carbocycles. The summed E-state index contributed by atoms with van der Waals surface area (Å²) in [6.45, 7) is 6.32. The molecule has 0 aromatic carbocycles. The van der Waals surface area contributed by atoms with Crippen LogP contribution in [0.15, 0.2) is 5.16 Å². The lowest BCUT2D eigenvalue weighted by Gasteiger charge is -2.23. The third-order valence-electron chi connectivity index (χ3n) is 4.36. The van der Waals surface area contributed by atoms with Gasteiger partial charge in [-0.15, -0.1) is 0 Å². The zero-order valence-electron chi connectivity index (χ0n) is 12.6. The van der Waals surface area contributed by atoms with Gasteiger partial charge in [0.15, 0.2) is 0 Å². The second kappa shape index (κ2) is 8.41. The van der Waals surface area contributed by atoms with Gasteiger partial charge in [0.25, 0.3) is 0 Å². The molecule has 0 aromatic heterocycles. The van der Waals surface area contributed by atoms with E-state index in [9.17, 15) is 0 Å². The molecule has 4 nitrogen and oxygen atoms in total. The molecule has 0 aliphatic heterocycles. The number of nitrogens with zero attached hydrogens (tertiary/aromatic N) is 1. The van der Waals surface area contributed by atoms with Gasteiger partial charge in [-0.3, -0.25) is 0 Å². The lowest BCUT2D eigenvalue weighted by molar-refractivity contribution is 0.303. The van der Waals surface area contributed by atoms with Crippen LogP contribution in [0.25, 0.3) is 0 Å². The third kappa shape index (κ3) is 6.28. The summed E-state index contributed by atoms with van der Waals surface area (Å²) < 4.78 is 0. The van der Waals surface area contributed by atoms with Gasteiger partial charge in [-0.2, -0.15) is 0 Å². The average Bonchev–Trinajstić information content (AvgIpc) is 2.42. The van der Waals surface area contributed by atoms with E-state index in [4.69, 9.17) is 10.9 Å². The highest BCUT2D eigenvalue weighted by molar-refractivity contribution is 5.85. The summed E-state index contributed by atoms with van der Waals surface area (Å²) in [5.41, 5.74) is 5.48. The monoisotopic (exact) mass is 269 g/mol. The van der Waals surface area contributed by atoms with Gasteiger partial charge in [0.05, 0.1) is 0 Å². The number of hydrogen-bond acceptors (Lipinski definition) is 3. The molecule has 1 rings (SSSR count). The summed E-state index contributed by atoms with van der Waals surface area (Å²) in [6.07, 6.45) is 10.3. The van der Waals surface area contributed by atoms with Gasteiger partial charge >= 0.3 is 0 Å². The summed E-state index contributed by atoms with van der Waals surface area (Å²) in [5, 5.41) is 15.4. The predicted molar refractivity (Wildman–Crippen MR) is 80.5 cm³/mol. The van der Waals surface area contributed by atoms with E-state index in [1.165, 1.54) is 38.6 Å². The molecule has 1 aliphatic rings. The summed E-state index contributed by atoms with van der Waals surface area (Å²) >= 11 is 0. The number of oxime groups is 1. The van der Waals surface area contributed by atoms with Crippen molar-refractivity contribution in [2.24, 2.45) is 22.2 Å². The lowest BCUT2D eigenvalue weighted by atomic mass is 9.86. The molecule has 4 heteroatoms. The molecule has 19 heavy (non-hydrogen) atoms. The Labute approximate surface area is 117 Å². The smallest absolute Gasteiger partial charge is 0.144 e. The van der Waals surface area contributed by atoms with Crippen LogP contribution in [0.1, 0.15) is 65.2 Å². The Hall–Kier alpha value is -0.770. The lowest BCUT2D eigenvalue weighted by Crippen LogP contribution is -2.32. The van der Waals surface area contributed by atoms with Crippen LogP contribution in [-0.4, -0.2) is 24.1 Å². The first kappa shape index (κ1) is 16.3. The molecule has 0 unspecified atom stereocenters. The fourth-order valence-electron chi connectivity index (χ4n) is 2.78. The molecule has 0 heterocycles. The Morgan fingerprint density at radius 1 is 1.26 bits per heavy atom. The normalized spacial score (nSPS) is 18.7. The minimum Gasteiger partial charge on any atom is -0.409 e. The Balaban J connectivity index is 2.01. The van der Waals surface area contributed by atoms with E-state index >= 15 is 0 Å². The minimum absolute atomic E-state index is 0.196. The van der Waals surface area contributed by atoms with Crippen molar-refractivity contribution in [1.82, 2.24) is 5.32 Å². The van der Waals surface area contributed by atoms with Crippen LogP contribution in [-0.2, 0) is 0 Å². The minimum atomic E-state index is -0.196. The van der Waals surface area contributed by atoms with Gasteiger partial charge in [0.1, 0.15) is 5.84 Å². The quantitative estimate of drug-likeness (QED) is 0.208. The Bertz CT molecular complexity index is 271. The van der Waals surface area contributed by atoms with Crippen molar-refractivity contribution in [3.8, 4) is 0 Å². The SMILES string of the molecule is CC(C)(CCCCNCC1CCCCC1)C(N)=NO. The van der Waals surface area contributed by atoms with Crippen molar-refractivity contribution < 1.29 is 5.21 Å². The van der Waals surface area contributed by atoms with Gasteiger partial charge in [-0.25, -0.2) is 0 Å². The van der Waals surface area contributed by atoms with Crippen LogP contribution in [0.2, 0.25) is 0 Å². The molecule has 112 valence electrons. The fraction of sp³-hybridized carbons (Fsp3) is 0.933. The molecule has 0 spiro atoms. The van der Waals surface area contributed by atoms with Gasteiger partial charge in [-0.1, -0.05) is 44.7 Å². The summed E-state index contributed by atoms with van der Waals surface area (Å²) in [6, 6.07) is 0. The molecule has 1 fully saturated rings. The second-order valence-electron chi connectivity index (χ2n) is 6.53. The Morgan fingerprint density at radius 2 is 1.95 bits per heavy atom. The largest absolute Gasteiger partial charge is 0.409 e. The standard InChI is InChI=1S/C15H31N3O/c1-15(2,14(16)18-19)10-6-7-11-17-12-13-8-4-3-5-9-13/h13,17,19H,3-12H2,1-2H3,(H2,16,18). The van der Waals surface area contributed by atoms with E-state index in [-0.39, 0.29) is 5.41 Å². The number of nitrogens with two attached hydrogens (primary N) is 1. The Morgan fingerprint density at radius 3 is 2.58 bits per heavy atom. The summed E-state index contributed by atoms with van der Waals surface area (Å²) in [5.74, 6) is 1.24. The molecule has 0 aromatic rings. The Kier molecular flexibility index (Phi) is 7.21. The molecule has 0 radical (unpaired) electrons. The predicted octanol–water partition coefficient (Wildman–Crippen LogP) is 3.10. The molecule has 1 aliphatic carbocycles. The number of nitrogens with one attached hydrogen (secondary N) is 1. The van der Waals surface area contributed by atoms with Crippen molar-refractivity contribution in [2.75, 3.05) is 13.1 Å². The first-order chi connectivity index (χ1) is 9.06. The topological polar surface area (TPSA) is 70.6 Å². The first-order valence-electron chi connectivity index (χ1n) is 7.75. The van der Waals surface area contributed by atoms with Gasteiger partial charge in [0.2, 0.25) is 0 Å². The maximum absolute atomic E-state index is 8.71. The summed E-state index contributed by atoms with van der Waals surface area (Å²) in [4.78, 5) is 0. The zero-order valence-corrected chi connectivity index (χ0v) is 12.6. The molecule has 0 bridgehead atoms. The van der Waals surface area contributed by atoms with Crippen molar-refractivity contribution in [1.29, 1.82) is 0 Å². The van der Waals surface area contributed by atoms with Crippen LogP contribution >= 0.6 is 0 Å². The van der Waals surface area contributed by atoms with Crippen molar-refractivity contribution >= 4 is 5.84 Å². The van der Waals surface area contributed by atoms with Crippen molar-refractivity contribution in [2.45, 2.75) is 65.2 Å². The maximum atomic E-state index is 8.71. The zero-order chi connectivity index (χ0) is 14.1. The second-order valence-corrected chi connectivity index (χ2v) is 6.53. The first-order valence-corrected chi connectivity index (χ1v) is 7.75. The maximum Gasteiger partial charge on any atom is 0.144 e. The van der Waals surface area contributed by atoms with Crippen LogP contribution < -0.4 is 11.1 Å². The van der Waals surface area contributed by atoms with Crippen LogP contribution in [0.4, 0.5) is 0 Å². The van der Waals surface area contributed by atoms with E-state index < -0.39 is 0 Å². The average molecular weight is 269 g/mol. The highest BCUT2D eigenvalue weighted by atomic mass is 16.4. The molecule has 0 saturated heterocycles. The number of hydrogen-bond donors (Lipinski definition) is 3. The summed E-state index contributed by atoms with van der Waals surface area (Å²) in [7, 11) is 0. The van der Waals surface area contributed by atoms with Crippen LogP contribution in [0.5, 0.6) is 0 Å². The van der Waals surface area contributed by atoms with Gasteiger partial charge in [-0.05, 0) is 44.7 Å². The van der Waals surface area contributed by atoms with E-state index in [0.717, 1.165) is 31.7 Å². The van der Waals surface area contributed by atoms with Crippen LogP contribution in [0.3, 0.4) is 0 Å². The molecule has 0 amide bonds. The number of unbranched alkanes of at least 4 members (excludes halogenated alkanes) is 1. The van der Waals surface area contributed by atoms with E-state index in [0.29, 0.717) is 5.84 Å². The van der Waals surface area contributed by atoms with E-state index in [1.54, 1.807) is 0 Å². The number of rotatable bonds is 8. The molecule has 4 N–H and O–H groups in total. The fourth-order valence-corrected chi connectivity index (χ4v) is 2.78. The van der Waals surface area contributed by atoms with E-state index in [2.05, 4.69) is 10.5 Å². The third-order valence-corrected chi connectivity index (χ3v) is 4.36. The van der Waals surface area contributed by atoms with Gasteiger partial charge in [0, 0.05) is 5.41 Å². The highest BCUT2D eigenvalue weighted by Crippen LogP contribution is 2.24. The van der Waals surface area contributed by atoms with Crippen LogP contribution in [0, 0.1) is 11.3 Å². The van der Waals surface area contributed by atoms with Gasteiger partial charge < -0.3 is 16.3 Å². The number of amidine groups is 1. The molecular formula is C15H31N3O. The molecular weight excluding hydrogens is 238 g/mol. The van der Waals surface area contributed by atoms with Crippen molar-refractivity contribution in [3.05, 3.63) is 0 Å². The highest BCUT2D eigenvalue weighted by Gasteiger charge is 2.22. The molecule has 0 atom stereocenters. The van der Waals surface area contributed by atoms with Crippen molar-refractivity contribution in [3.63, 3.8) is 0 Å².